The lowest BCUT2D eigenvalue weighted by atomic mass is 9.97. The van der Waals surface area contributed by atoms with Crippen LogP contribution in [-0.2, 0) is 0 Å². The quantitative estimate of drug-likeness (QED) is 0.532. The second-order valence-corrected chi connectivity index (χ2v) is 3.97. The van der Waals surface area contributed by atoms with E-state index in [0.29, 0.717) is 11.3 Å². The molecule has 0 bridgehead atoms. The molecule has 1 radical (unpaired) electrons. The van der Waals surface area contributed by atoms with Crippen LogP contribution in [0.25, 0.3) is 0 Å². The topological polar surface area (TPSA) is 0 Å². The number of rotatable bonds is 2. The molecule has 1 aliphatic rings. The first kappa shape index (κ1) is 7.11. The predicted octanol–water partition coefficient (Wildman–Crippen LogP) is 2.89. The Hall–Kier alpha value is 0. The molecule has 0 aromatic rings. The summed E-state index contributed by atoms with van der Waals surface area (Å²) in [5.74, 6) is 1.63. The average Bonchev–Trinajstić information content (AvgIpc) is 2.38. The van der Waals surface area contributed by atoms with Crippen molar-refractivity contribution in [1.29, 1.82) is 0 Å². The fraction of sp³-hybridized carbons (Fsp3) is 0.889. The minimum atomic E-state index is 0.627. The van der Waals surface area contributed by atoms with Crippen molar-refractivity contribution in [2.24, 2.45) is 17.3 Å². The van der Waals surface area contributed by atoms with Crippen LogP contribution in [0.15, 0.2) is 0 Å². The van der Waals surface area contributed by atoms with Crippen LogP contribution < -0.4 is 0 Å². The van der Waals surface area contributed by atoms with E-state index in [1.165, 1.54) is 12.8 Å². The lowest BCUT2D eigenvalue weighted by molar-refractivity contribution is 0.446. The standard InChI is InChI=1S/C9H17/c1-5-7(2)8-6-9(8,3)4/h7-8H,2,5-6H2,1,3-4H3. The largest absolute Gasteiger partial charge is 0.0651 e. The van der Waals surface area contributed by atoms with Gasteiger partial charge in [-0.3, -0.25) is 0 Å². The van der Waals surface area contributed by atoms with Gasteiger partial charge in [0.1, 0.15) is 0 Å². The van der Waals surface area contributed by atoms with Gasteiger partial charge in [-0.25, -0.2) is 0 Å². The normalized spacial score (nSPS) is 34.0. The van der Waals surface area contributed by atoms with E-state index in [2.05, 4.69) is 27.7 Å². The molecule has 0 aliphatic heterocycles. The predicted molar refractivity (Wildman–Crippen MR) is 41.0 cm³/mol. The van der Waals surface area contributed by atoms with Crippen LogP contribution >= 0.6 is 0 Å². The molecule has 2 unspecified atom stereocenters. The molecule has 9 heavy (non-hydrogen) atoms. The maximum atomic E-state index is 4.11. The monoisotopic (exact) mass is 125 g/mol. The molecule has 0 N–H and O–H groups in total. The van der Waals surface area contributed by atoms with E-state index in [-0.39, 0.29) is 0 Å². The highest BCUT2D eigenvalue weighted by molar-refractivity contribution is 4.98. The van der Waals surface area contributed by atoms with E-state index in [1.807, 2.05) is 0 Å². The van der Waals surface area contributed by atoms with Crippen molar-refractivity contribution in [3.8, 4) is 0 Å². The first-order chi connectivity index (χ1) is 4.08. The van der Waals surface area contributed by atoms with Gasteiger partial charge in [-0.2, -0.15) is 0 Å². The Balaban J connectivity index is 2.33. The van der Waals surface area contributed by atoms with Gasteiger partial charge in [-0.1, -0.05) is 27.2 Å². The van der Waals surface area contributed by atoms with E-state index in [4.69, 9.17) is 0 Å². The van der Waals surface area contributed by atoms with Crippen LogP contribution in [0.1, 0.15) is 33.6 Å². The maximum Gasteiger partial charge on any atom is -0.0320 e. The Bertz CT molecular complexity index is 103. The van der Waals surface area contributed by atoms with Gasteiger partial charge in [-0.05, 0) is 30.6 Å². The van der Waals surface area contributed by atoms with Crippen LogP contribution in [0.4, 0.5) is 0 Å². The van der Waals surface area contributed by atoms with Gasteiger partial charge >= 0.3 is 0 Å². The third-order valence-corrected chi connectivity index (χ3v) is 2.68. The number of hydrogen-bond donors (Lipinski definition) is 0. The van der Waals surface area contributed by atoms with E-state index in [1.54, 1.807) is 0 Å². The zero-order valence-corrected chi connectivity index (χ0v) is 6.78. The van der Waals surface area contributed by atoms with E-state index < -0.39 is 0 Å². The summed E-state index contributed by atoms with van der Waals surface area (Å²) in [4.78, 5) is 0. The highest BCUT2D eigenvalue weighted by Crippen LogP contribution is 2.56. The molecule has 2 atom stereocenters. The van der Waals surface area contributed by atoms with Crippen molar-refractivity contribution in [3.05, 3.63) is 6.92 Å². The molecule has 1 rings (SSSR count). The summed E-state index contributed by atoms with van der Waals surface area (Å²) >= 11 is 0. The minimum Gasteiger partial charge on any atom is -0.0651 e. The minimum absolute atomic E-state index is 0.627. The van der Waals surface area contributed by atoms with E-state index in [9.17, 15) is 0 Å². The Morgan fingerprint density at radius 1 is 1.67 bits per heavy atom. The van der Waals surface area contributed by atoms with Crippen molar-refractivity contribution in [1.82, 2.24) is 0 Å². The SMILES string of the molecule is [CH2]C(CC)C1CC1(C)C. The second kappa shape index (κ2) is 2.00. The molecule has 0 spiro atoms. The lowest BCUT2D eigenvalue weighted by Crippen LogP contribution is -2.00. The molecule has 0 aromatic carbocycles. The summed E-state index contributed by atoms with van der Waals surface area (Å²) in [6.07, 6.45) is 2.64. The summed E-state index contributed by atoms with van der Waals surface area (Å²) in [6, 6.07) is 0. The fourth-order valence-corrected chi connectivity index (χ4v) is 1.60. The zero-order valence-electron chi connectivity index (χ0n) is 6.78. The van der Waals surface area contributed by atoms with Crippen LogP contribution in [0.5, 0.6) is 0 Å². The van der Waals surface area contributed by atoms with Crippen molar-refractivity contribution < 1.29 is 0 Å². The molecule has 0 amide bonds. The molecular weight excluding hydrogens is 108 g/mol. The highest BCUT2D eigenvalue weighted by atomic mass is 14.5. The molecule has 53 valence electrons. The van der Waals surface area contributed by atoms with Gasteiger partial charge in [0.2, 0.25) is 0 Å². The first-order valence-electron chi connectivity index (χ1n) is 3.91. The third-order valence-electron chi connectivity index (χ3n) is 2.68. The van der Waals surface area contributed by atoms with Gasteiger partial charge in [0.25, 0.3) is 0 Å². The Morgan fingerprint density at radius 3 is 2.22 bits per heavy atom. The van der Waals surface area contributed by atoms with Crippen LogP contribution in [0, 0.1) is 24.2 Å². The van der Waals surface area contributed by atoms with Gasteiger partial charge in [0, 0.05) is 0 Å². The van der Waals surface area contributed by atoms with E-state index in [0.717, 1.165) is 5.92 Å². The van der Waals surface area contributed by atoms with Crippen molar-refractivity contribution >= 4 is 0 Å². The average molecular weight is 125 g/mol. The molecule has 1 saturated carbocycles. The van der Waals surface area contributed by atoms with Gasteiger partial charge < -0.3 is 0 Å². The molecule has 0 heteroatoms. The maximum absolute atomic E-state index is 4.11. The summed E-state index contributed by atoms with van der Waals surface area (Å²) in [7, 11) is 0. The summed E-state index contributed by atoms with van der Waals surface area (Å²) in [6.45, 7) is 11.0. The molecule has 0 heterocycles. The summed E-state index contributed by atoms with van der Waals surface area (Å²) in [5, 5.41) is 0. The van der Waals surface area contributed by atoms with Crippen LogP contribution in [-0.4, -0.2) is 0 Å². The number of hydrogen-bond acceptors (Lipinski definition) is 0. The highest BCUT2D eigenvalue weighted by Gasteiger charge is 2.47. The zero-order chi connectivity index (χ0) is 7.07. The van der Waals surface area contributed by atoms with E-state index >= 15 is 0 Å². The Labute approximate surface area is 58.7 Å². The summed E-state index contributed by atoms with van der Waals surface area (Å²) in [5.41, 5.74) is 0.627. The molecule has 1 fully saturated rings. The first-order valence-corrected chi connectivity index (χ1v) is 3.91. The summed E-state index contributed by atoms with van der Waals surface area (Å²) < 4.78 is 0. The fourth-order valence-electron chi connectivity index (χ4n) is 1.60. The van der Waals surface area contributed by atoms with Gasteiger partial charge in [0.15, 0.2) is 0 Å². The Morgan fingerprint density at radius 2 is 2.11 bits per heavy atom. The second-order valence-electron chi connectivity index (χ2n) is 3.97. The lowest BCUT2D eigenvalue weighted by Gasteiger charge is -2.08. The Kier molecular flexibility index (Phi) is 1.58. The van der Waals surface area contributed by atoms with Crippen molar-refractivity contribution in [3.63, 3.8) is 0 Å². The molecule has 0 saturated heterocycles. The third kappa shape index (κ3) is 1.28. The van der Waals surface area contributed by atoms with Crippen molar-refractivity contribution in [2.75, 3.05) is 0 Å². The molecule has 0 nitrogen and oxygen atoms in total. The molecular formula is C9H17. The van der Waals surface area contributed by atoms with Crippen LogP contribution in [0.3, 0.4) is 0 Å². The van der Waals surface area contributed by atoms with Gasteiger partial charge in [0.05, 0.1) is 0 Å². The van der Waals surface area contributed by atoms with Crippen molar-refractivity contribution in [2.45, 2.75) is 33.6 Å². The molecule has 0 aromatic heterocycles. The van der Waals surface area contributed by atoms with Gasteiger partial charge in [-0.15, -0.1) is 0 Å². The smallest absolute Gasteiger partial charge is 0.0320 e. The molecule has 1 aliphatic carbocycles. The van der Waals surface area contributed by atoms with Crippen LogP contribution in [0.2, 0.25) is 0 Å².